The van der Waals surface area contributed by atoms with Crippen molar-refractivity contribution in [2.75, 3.05) is 13.2 Å². The number of fused-ring (bicyclic) bond motifs is 1. The van der Waals surface area contributed by atoms with Gasteiger partial charge in [-0.1, -0.05) is 49.4 Å². The summed E-state index contributed by atoms with van der Waals surface area (Å²) in [5, 5.41) is 11.4. The Morgan fingerprint density at radius 1 is 1.05 bits per heavy atom. The minimum Gasteiger partial charge on any atom is -0.507 e. The first kappa shape index (κ1) is 24.6. The third-order valence-electron chi connectivity index (χ3n) is 6.86. The molecule has 2 aliphatic rings. The topological polar surface area (TPSA) is 76.1 Å². The lowest BCUT2D eigenvalue weighted by molar-refractivity contribution is -0.139. The number of ether oxygens (including phenoxy) is 2. The highest BCUT2D eigenvalue weighted by Gasteiger charge is 2.46. The van der Waals surface area contributed by atoms with Crippen LogP contribution in [0.3, 0.4) is 0 Å². The quantitative estimate of drug-likeness (QED) is 0.254. The van der Waals surface area contributed by atoms with Gasteiger partial charge in [0.1, 0.15) is 23.4 Å². The number of hydrogen-bond donors (Lipinski definition) is 1. The van der Waals surface area contributed by atoms with E-state index in [1.54, 1.807) is 11.0 Å². The summed E-state index contributed by atoms with van der Waals surface area (Å²) in [4.78, 5) is 28.2. The molecular formula is C31H31NO5. The molecule has 2 atom stereocenters. The fraction of sp³-hybridized carbons (Fsp3) is 0.290. The average Bonchev–Trinajstić information content (AvgIpc) is 3.42. The number of benzene rings is 3. The van der Waals surface area contributed by atoms with Crippen LogP contribution in [-0.4, -0.2) is 41.0 Å². The Morgan fingerprint density at radius 3 is 2.54 bits per heavy atom. The van der Waals surface area contributed by atoms with Crippen LogP contribution in [0.5, 0.6) is 11.5 Å². The van der Waals surface area contributed by atoms with Gasteiger partial charge in [-0.05, 0) is 66.8 Å². The standard InChI is InChI=1S/C31H31NO5/c1-3-17-36-25-12-9-22(10-13-25)28-27(29(33)23-11-14-26-24(19-23)18-20(2)37-26)30(34)31(35)32(28)16-15-21-7-5-4-6-8-21/h4-14,19-20,28,33H,3,15-18H2,1-2H3. The molecule has 1 fully saturated rings. The van der Waals surface area contributed by atoms with Crippen molar-refractivity contribution >= 4 is 17.4 Å². The van der Waals surface area contributed by atoms with Crippen LogP contribution < -0.4 is 9.47 Å². The van der Waals surface area contributed by atoms with Crippen LogP contribution in [0.4, 0.5) is 0 Å². The maximum atomic E-state index is 13.4. The first-order valence-corrected chi connectivity index (χ1v) is 12.8. The minimum atomic E-state index is -0.702. The average molecular weight is 498 g/mol. The van der Waals surface area contributed by atoms with Crippen molar-refractivity contribution in [3.8, 4) is 11.5 Å². The number of aliphatic hydroxyl groups is 1. The third kappa shape index (κ3) is 4.96. The summed E-state index contributed by atoms with van der Waals surface area (Å²) in [5.74, 6) is 0.0595. The second-order valence-corrected chi connectivity index (χ2v) is 9.60. The van der Waals surface area contributed by atoms with Crippen molar-refractivity contribution in [1.82, 2.24) is 4.90 Å². The number of likely N-dealkylation sites (tertiary alicyclic amines) is 1. The Kier molecular flexibility index (Phi) is 6.99. The van der Waals surface area contributed by atoms with Crippen LogP contribution in [0.2, 0.25) is 0 Å². The summed E-state index contributed by atoms with van der Waals surface area (Å²) in [5.41, 5.74) is 3.40. The lowest BCUT2D eigenvalue weighted by atomic mass is 9.94. The van der Waals surface area contributed by atoms with Crippen molar-refractivity contribution in [2.45, 2.75) is 45.3 Å². The lowest BCUT2D eigenvalue weighted by Crippen LogP contribution is -2.31. The zero-order valence-electron chi connectivity index (χ0n) is 21.1. The van der Waals surface area contributed by atoms with Crippen LogP contribution in [0.25, 0.3) is 5.76 Å². The maximum Gasteiger partial charge on any atom is 0.295 e. The molecule has 1 N–H and O–H groups in total. The Labute approximate surface area is 217 Å². The first-order valence-electron chi connectivity index (χ1n) is 12.8. The predicted molar refractivity (Wildman–Crippen MR) is 142 cm³/mol. The fourth-order valence-electron chi connectivity index (χ4n) is 5.04. The van der Waals surface area contributed by atoms with E-state index in [4.69, 9.17) is 9.47 Å². The smallest absolute Gasteiger partial charge is 0.295 e. The number of nitrogens with zero attached hydrogens (tertiary/aromatic N) is 1. The molecule has 3 aromatic rings. The number of rotatable bonds is 8. The Morgan fingerprint density at radius 2 is 1.81 bits per heavy atom. The molecule has 5 rings (SSSR count). The Bertz CT molecular complexity index is 1330. The van der Waals surface area contributed by atoms with Crippen LogP contribution in [0.15, 0.2) is 78.4 Å². The summed E-state index contributed by atoms with van der Waals surface area (Å²) >= 11 is 0. The molecule has 0 radical (unpaired) electrons. The van der Waals surface area contributed by atoms with Gasteiger partial charge in [-0.25, -0.2) is 0 Å². The van der Waals surface area contributed by atoms with Gasteiger partial charge < -0.3 is 19.5 Å². The van der Waals surface area contributed by atoms with E-state index in [0.29, 0.717) is 25.1 Å². The zero-order valence-corrected chi connectivity index (χ0v) is 21.1. The van der Waals surface area contributed by atoms with Gasteiger partial charge >= 0.3 is 0 Å². The van der Waals surface area contributed by atoms with E-state index in [9.17, 15) is 14.7 Å². The molecule has 1 saturated heterocycles. The third-order valence-corrected chi connectivity index (χ3v) is 6.86. The Balaban J connectivity index is 1.54. The Hall–Kier alpha value is -4.06. The fourth-order valence-corrected chi connectivity index (χ4v) is 5.04. The van der Waals surface area contributed by atoms with E-state index in [-0.39, 0.29) is 17.4 Å². The van der Waals surface area contributed by atoms with E-state index in [1.807, 2.05) is 80.6 Å². The number of ketones is 1. The molecule has 0 spiro atoms. The van der Waals surface area contributed by atoms with Crippen LogP contribution in [0, 0.1) is 0 Å². The van der Waals surface area contributed by atoms with Gasteiger partial charge in [0.05, 0.1) is 18.2 Å². The summed E-state index contributed by atoms with van der Waals surface area (Å²) in [6.07, 6.45) is 2.27. The molecule has 190 valence electrons. The van der Waals surface area contributed by atoms with Crippen molar-refractivity contribution < 1.29 is 24.2 Å². The summed E-state index contributed by atoms with van der Waals surface area (Å²) in [7, 11) is 0. The van der Waals surface area contributed by atoms with E-state index >= 15 is 0 Å². The normalized spacial score (nSPS) is 20.1. The molecule has 0 bridgehead atoms. The van der Waals surface area contributed by atoms with Crippen LogP contribution in [-0.2, 0) is 22.4 Å². The number of aliphatic hydroxyl groups excluding tert-OH is 1. The molecule has 2 unspecified atom stereocenters. The van der Waals surface area contributed by atoms with Gasteiger partial charge in [0.15, 0.2) is 0 Å². The lowest BCUT2D eigenvalue weighted by Gasteiger charge is -2.25. The van der Waals surface area contributed by atoms with Crippen molar-refractivity contribution in [3.05, 3.63) is 101 Å². The number of Topliss-reactive ketones (excluding diaryl/α,β-unsaturated/α-hetero) is 1. The van der Waals surface area contributed by atoms with Crippen molar-refractivity contribution in [3.63, 3.8) is 0 Å². The molecule has 1 amide bonds. The van der Waals surface area contributed by atoms with Crippen molar-refractivity contribution in [2.24, 2.45) is 0 Å². The van der Waals surface area contributed by atoms with Gasteiger partial charge in [-0.3, -0.25) is 9.59 Å². The second kappa shape index (κ2) is 10.5. The highest BCUT2D eigenvalue weighted by molar-refractivity contribution is 6.46. The van der Waals surface area contributed by atoms with Crippen LogP contribution in [0.1, 0.15) is 48.6 Å². The molecule has 6 heteroatoms. The molecule has 0 aromatic heterocycles. The van der Waals surface area contributed by atoms with Gasteiger partial charge in [0, 0.05) is 18.5 Å². The van der Waals surface area contributed by atoms with E-state index in [0.717, 1.165) is 41.0 Å². The number of amides is 1. The number of carbonyl (C=O) groups is 2. The van der Waals surface area contributed by atoms with E-state index in [1.165, 1.54) is 0 Å². The predicted octanol–water partition coefficient (Wildman–Crippen LogP) is 5.46. The SMILES string of the molecule is CCCOc1ccc(C2C(=C(O)c3ccc4c(c3)CC(C)O4)C(=O)C(=O)N2CCc2ccccc2)cc1. The maximum absolute atomic E-state index is 13.4. The van der Waals surface area contributed by atoms with E-state index in [2.05, 4.69) is 0 Å². The zero-order chi connectivity index (χ0) is 25.9. The molecule has 0 aliphatic carbocycles. The van der Waals surface area contributed by atoms with E-state index < -0.39 is 17.7 Å². The highest BCUT2D eigenvalue weighted by Crippen LogP contribution is 2.41. The van der Waals surface area contributed by atoms with Crippen LogP contribution >= 0.6 is 0 Å². The summed E-state index contributed by atoms with van der Waals surface area (Å²) in [6.45, 7) is 4.99. The monoisotopic (exact) mass is 497 g/mol. The molecule has 37 heavy (non-hydrogen) atoms. The molecule has 2 heterocycles. The first-order chi connectivity index (χ1) is 18.0. The minimum absolute atomic E-state index is 0.0596. The second-order valence-electron chi connectivity index (χ2n) is 9.60. The van der Waals surface area contributed by atoms with Crippen molar-refractivity contribution in [1.29, 1.82) is 0 Å². The molecule has 3 aromatic carbocycles. The largest absolute Gasteiger partial charge is 0.507 e. The van der Waals surface area contributed by atoms with Gasteiger partial charge in [-0.15, -0.1) is 0 Å². The van der Waals surface area contributed by atoms with Gasteiger partial charge in [-0.2, -0.15) is 0 Å². The van der Waals surface area contributed by atoms with Gasteiger partial charge in [0.25, 0.3) is 11.7 Å². The molecule has 2 aliphatic heterocycles. The van der Waals surface area contributed by atoms with Gasteiger partial charge in [0.2, 0.25) is 0 Å². The molecule has 0 saturated carbocycles. The molecular weight excluding hydrogens is 466 g/mol. The molecule has 6 nitrogen and oxygen atoms in total. The summed E-state index contributed by atoms with van der Waals surface area (Å²) < 4.78 is 11.5. The number of carbonyl (C=O) groups excluding carboxylic acids is 2. The summed E-state index contributed by atoms with van der Waals surface area (Å²) in [6, 6.07) is 22.0. The number of hydrogen-bond acceptors (Lipinski definition) is 5. The highest BCUT2D eigenvalue weighted by atomic mass is 16.5.